The summed E-state index contributed by atoms with van der Waals surface area (Å²) in [6.07, 6.45) is 5.94. The first-order valence-corrected chi connectivity index (χ1v) is 15.1. The Morgan fingerprint density at radius 1 is 0.420 bits per heavy atom. The number of nitrogens with zero attached hydrogens (tertiary/aromatic N) is 4. The zero-order valence-corrected chi connectivity index (χ0v) is 39.3. The maximum atomic E-state index is 10.7. The third kappa shape index (κ3) is 47.7. The van der Waals surface area contributed by atoms with Gasteiger partial charge in [-0.05, 0) is 41.5 Å². The van der Waals surface area contributed by atoms with Crippen LogP contribution in [0.1, 0.15) is 66.5 Å². The largest absolute Gasteiger partial charge is 3.00 e. The zero-order valence-electron chi connectivity index (χ0n) is 31.2. The van der Waals surface area contributed by atoms with E-state index in [1.165, 1.54) is 63.1 Å². The molecule has 0 unspecified atom stereocenters. The third-order valence-electron chi connectivity index (χ3n) is 5.17. The summed E-state index contributed by atoms with van der Waals surface area (Å²) >= 11 is 0. The van der Waals surface area contributed by atoms with Gasteiger partial charge in [-0.15, -0.1) is 23.0 Å². The van der Waals surface area contributed by atoms with Crippen LogP contribution in [0.25, 0.3) is 0 Å². The molecule has 0 heterocycles. The molecule has 0 aromatic heterocycles. The van der Waals surface area contributed by atoms with Crippen LogP contribution in [0.4, 0.5) is 0 Å². The normalized spacial score (nSPS) is 12.4. The van der Waals surface area contributed by atoms with Crippen molar-refractivity contribution >= 4 is 74.5 Å². The van der Waals surface area contributed by atoms with Gasteiger partial charge in [0.1, 0.15) is 0 Å². The molecule has 0 radical (unpaired) electrons. The predicted octanol–water partition coefficient (Wildman–Crippen LogP) is -1.89. The van der Waals surface area contributed by atoms with Gasteiger partial charge < -0.3 is 45.2 Å². The Hall–Kier alpha value is -2.40. The molecule has 12 heteroatoms. The second kappa shape index (κ2) is 39.4. The fraction of sp³-hybridized carbons (Fsp3) is 0.368. The van der Waals surface area contributed by atoms with Gasteiger partial charge >= 0.3 is 51.7 Å². The minimum atomic E-state index is -0.00848. The zero-order chi connectivity index (χ0) is 35.3. The molecule has 0 saturated carbocycles. The Labute approximate surface area is 351 Å². The van der Waals surface area contributed by atoms with E-state index in [2.05, 4.69) is 58.1 Å². The van der Waals surface area contributed by atoms with Crippen molar-refractivity contribution in [1.82, 2.24) is 0 Å². The first kappa shape index (κ1) is 59.7. The topological polar surface area (TPSA) is 142 Å². The van der Waals surface area contributed by atoms with Crippen LogP contribution in [-0.4, -0.2) is 101 Å². The van der Waals surface area contributed by atoms with Crippen molar-refractivity contribution < 1.29 is 45.2 Å². The van der Waals surface area contributed by atoms with Crippen LogP contribution in [0, 0.1) is 13.8 Å². The van der Waals surface area contributed by atoms with E-state index in [-0.39, 0.29) is 99.5 Å². The Kier molecular flexibility index (Phi) is 47.1. The van der Waals surface area contributed by atoms with Gasteiger partial charge in [-0.1, -0.05) is 124 Å². The van der Waals surface area contributed by atoms with Crippen LogP contribution in [-0.2, 0) is 0 Å². The maximum Gasteiger partial charge on any atom is 3.00 e. The summed E-state index contributed by atoms with van der Waals surface area (Å²) in [5, 5.41) is 42.8. The van der Waals surface area contributed by atoms with Crippen LogP contribution in [0.5, 0.6) is 0 Å². The Bertz CT molecular complexity index is 1190. The van der Waals surface area contributed by atoms with Gasteiger partial charge in [-0.2, -0.15) is 0 Å². The first-order valence-electron chi connectivity index (χ1n) is 15.1. The van der Waals surface area contributed by atoms with Crippen molar-refractivity contribution in [2.45, 2.75) is 69.2 Å². The average Bonchev–Trinajstić information content (AvgIpc) is 2.94. The van der Waals surface area contributed by atoms with Gasteiger partial charge in [-0.25, -0.2) is 0 Å². The molecule has 2 aromatic rings. The Balaban J connectivity index is -0.000000133. The van der Waals surface area contributed by atoms with Crippen molar-refractivity contribution in [2.24, 2.45) is 20.0 Å². The quantitative estimate of drug-likeness (QED) is 0.156. The van der Waals surface area contributed by atoms with Gasteiger partial charge in [0.25, 0.3) is 0 Å². The minimum Gasteiger partial charge on any atom is -1.00 e. The molecule has 268 valence electrons. The minimum absolute atomic E-state index is 0. The summed E-state index contributed by atoms with van der Waals surface area (Å²) in [6, 6.07) is 20.5. The van der Waals surface area contributed by atoms with Crippen molar-refractivity contribution in [3.8, 4) is 0 Å². The van der Waals surface area contributed by atoms with E-state index >= 15 is 0 Å². The van der Waals surface area contributed by atoms with Gasteiger partial charge in [0.15, 0.2) is 0 Å². The van der Waals surface area contributed by atoms with Gasteiger partial charge in [0, 0.05) is 22.8 Å². The molecule has 0 amide bonds. The number of allylic oxidation sites excluding steroid dienone is 8. The molecule has 0 saturated heterocycles. The number of benzene rings is 2. The first-order chi connectivity index (χ1) is 21.6. The molecule has 0 spiro atoms. The third-order valence-corrected chi connectivity index (χ3v) is 5.17. The maximum absolute atomic E-state index is 10.7. The molecule has 8 nitrogen and oxygen atoms in total. The second-order valence-electron chi connectivity index (χ2n) is 10.4. The molecular formula is C38H52Cl2In2N4O4. The molecule has 50 heavy (non-hydrogen) atoms. The Morgan fingerprint density at radius 3 is 0.720 bits per heavy atom. The number of halogens is 2. The molecular weight excluding hydrogens is 877 g/mol. The van der Waals surface area contributed by atoms with E-state index in [1.54, 1.807) is 27.7 Å². The van der Waals surface area contributed by atoms with Crippen molar-refractivity contribution in [3.05, 3.63) is 119 Å². The number of aliphatic imine (C=N–C) groups is 4. The van der Waals surface area contributed by atoms with E-state index in [0.29, 0.717) is 49.0 Å². The van der Waals surface area contributed by atoms with E-state index < -0.39 is 0 Å². The number of hydrogen-bond donors (Lipinski definition) is 0. The summed E-state index contributed by atoms with van der Waals surface area (Å²) in [5.41, 5.74) is 5.46. The molecule has 0 aliphatic rings. The SMILES string of the molecule is CC(/C=C(/C)[O-])=NCCN=C(C)/C=C(/C)[O-].CC(/C=C(/C)[O-])=NCCN=C(C)/C=C(/C)[O-].Cc1ccccc1.Cc1ccccc1.[Cl-].[Cl-].[In+3].[In+3]. The number of hydrogen-bond acceptors (Lipinski definition) is 8. The Morgan fingerprint density at radius 2 is 0.600 bits per heavy atom. The average molecular weight is 929 g/mol. The van der Waals surface area contributed by atoms with Gasteiger partial charge in [0.2, 0.25) is 0 Å². The van der Waals surface area contributed by atoms with E-state index in [1.807, 2.05) is 36.4 Å². The van der Waals surface area contributed by atoms with Crippen molar-refractivity contribution in [3.63, 3.8) is 0 Å². The fourth-order valence-corrected chi connectivity index (χ4v) is 3.33. The molecule has 0 bridgehead atoms. The summed E-state index contributed by atoms with van der Waals surface area (Å²) in [6.45, 7) is 19.3. The standard InChI is InChI=1S/2C12H20N2O2.2C7H8.2ClH.2In/c2*1-9(7-11(3)15)13-5-6-14-10(2)8-12(4)16;2*1-7-5-3-2-4-6-7;;;;/h2*7-8,15-16H,5-6H2,1-4H3;2*2-6H,1H3;2*1H;;/q;;;;;;2*+3/p-6/b2*11-7-,12-8-,13-9?,14-10?;;;;;;. The molecule has 0 aliphatic heterocycles. The molecule has 0 fully saturated rings. The van der Waals surface area contributed by atoms with Gasteiger partial charge in [-0.3, -0.25) is 20.0 Å². The summed E-state index contributed by atoms with van der Waals surface area (Å²) in [7, 11) is 0. The summed E-state index contributed by atoms with van der Waals surface area (Å²) in [4.78, 5) is 16.6. The number of rotatable bonds is 10. The molecule has 2 aromatic carbocycles. The second-order valence-corrected chi connectivity index (χ2v) is 10.4. The van der Waals surface area contributed by atoms with Crippen LogP contribution in [0.3, 0.4) is 0 Å². The fourth-order valence-electron chi connectivity index (χ4n) is 3.33. The molecule has 2 rings (SSSR count). The number of aryl methyl sites for hydroxylation is 2. The molecule has 0 aliphatic carbocycles. The van der Waals surface area contributed by atoms with Gasteiger partial charge in [0.05, 0.1) is 26.2 Å². The van der Waals surface area contributed by atoms with Crippen molar-refractivity contribution in [2.75, 3.05) is 26.2 Å². The van der Waals surface area contributed by atoms with Crippen LogP contribution >= 0.6 is 0 Å². The van der Waals surface area contributed by atoms with Crippen LogP contribution in [0.15, 0.2) is 128 Å². The monoisotopic (exact) mass is 928 g/mol. The van der Waals surface area contributed by atoms with E-state index in [0.717, 1.165) is 0 Å². The smallest absolute Gasteiger partial charge is 1.00 e. The molecule has 0 N–H and O–H groups in total. The van der Waals surface area contributed by atoms with E-state index in [9.17, 15) is 20.4 Å². The molecule has 0 atom stereocenters. The van der Waals surface area contributed by atoms with Crippen LogP contribution < -0.4 is 45.2 Å². The van der Waals surface area contributed by atoms with Crippen molar-refractivity contribution in [1.29, 1.82) is 0 Å². The predicted molar refractivity (Wildman–Crippen MR) is 201 cm³/mol. The van der Waals surface area contributed by atoms with E-state index in [4.69, 9.17) is 0 Å². The summed E-state index contributed by atoms with van der Waals surface area (Å²) in [5.74, 6) is -0.0339. The summed E-state index contributed by atoms with van der Waals surface area (Å²) < 4.78 is 0. The van der Waals surface area contributed by atoms with Crippen LogP contribution in [0.2, 0.25) is 0 Å².